The zero-order chi connectivity index (χ0) is 14.8. The van der Waals surface area contributed by atoms with Crippen molar-refractivity contribution in [3.63, 3.8) is 0 Å². The molecule has 1 heterocycles. The normalized spacial score (nSPS) is 14.5. The van der Waals surface area contributed by atoms with Crippen LogP contribution in [-0.4, -0.2) is 19.5 Å². The number of carbonyl (C=O) groups excluding carboxylic acids is 1. The predicted molar refractivity (Wildman–Crippen MR) is 75.2 cm³/mol. The number of hydrogen-bond acceptors (Lipinski definition) is 5. The van der Waals surface area contributed by atoms with Crippen LogP contribution in [0.1, 0.15) is 12.5 Å². The Kier molecular flexibility index (Phi) is 3.94. The molecule has 2 aromatic rings. The fourth-order valence-electron chi connectivity index (χ4n) is 1.89. The van der Waals surface area contributed by atoms with Crippen LogP contribution < -0.4 is 5.48 Å². The smallest absolute Gasteiger partial charge is 0.269 e. The number of hydroxylamine groups is 1. The third-order valence-corrected chi connectivity index (χ3v) is 6.93. The zero-order valence-corrected chi connectivity index (χ0v) is 12.2. The van der Waals surface area contributed by atoms with Crippen LogP contribution in [0.4, 0.5) is 0 Å². The molecule has 1 aromatic heterocycles. The van der Waals surface area contributed by atoms with Crippen molar-refractivity contribution in [2.45, 2.75) is 15.9 Å². The van der Waals surface area contributed by atoms with E-state index < -0.39 is 20.5 Å². The zero-order valence-electron chi connectivity index (χ0n) is 10.6. The van der Waals surface area contributed by atoms with Crippen LogP contribution in [0.2, 0.25) is 0 Å². The molecule has 0 radical (unpaired) electrons. The molecule has 7 heteroatoms. The van der Waals surface area contributed by atoms with Gasteiger partial charge in [-0.15, -0.1) is 11.3 Å². The van der Waals surface area contributed by atoms with Gasteiger partial charge in [0, 0.05) is 0 Å². The Morgan fingerprint density at radius 1 is 1.20 bits per heavy atom. The second kappa shape index (κ2) is 5.35. The molecule has 0 aliphatic carbocycles. The van der Waals surface area contributed by atoms with E-state index in [1.165, 1.54) is 18.5 Å². The van der Waals surface area contributed by atoms with Gasteiger partial charge in [0.2, 0.25) is 9.84 Å². The molecule has 1 amide bonds. The van der Waals surface area contributed by atoms with Crippen LogP contribution in [0.5, 0.6) is 0 Å². The first-order valence-electron chi connectivity index (χ1n) is 5.73. The minimum Gasteiger partial charge on any atom is -0.289 e. The highest BCUT2D eigenvalue weighted by atomic mass is 32.2. The van der Waals surface area contributed by atoms with Gasteiger partial charge in [0.1, 0.15) is 4.21 Å². The van der Waals surface area contributed by atoms with Crippen molar-refractivity contribution in [2.24, 2.45) is 0 Å². The molecule has 0 aliphatic heterocycles. The van der Waals surface area contributed by atoms with Gasteiger partial charge in [-0.3, -0.25) is 10.0 Å². The van der Waals surface area contributed by atoms with Gasteiger partial charge in [-0.25, -0.2) is 13.9 Å². The maximum absolute atomic E-state index is 12.8. The average Bonchev–Trinajstić information content (AvgIpc) is 3.01. The molecule has 1 aromatic carbocycles. The second-order valence-corrected chi connectivity index (χ2v) is 7.75. The molecule has 0 spiro atoms. The first kappa shape index (κ1) is 14.7. The molecule has 0 saturated carbocycles. The number of thiophene rings is 1. The van der Waals surface area contributed by atoms with E-state index in [9.17, 15) is 13.2 Å². The molecular weight excluding hydrogens is 298 g/mol. The molecule has 2 rings (SSSR count). The van der Waals surface area contributed by atoms with Crippen molar-refractivity contribution in [3.8, 4) is 0 Å². The number of nitrogens with one attached hydrogen (secondary N) is 1. The van der Waals surface area contributed by atoms with E-state index in [4.69, 9.17) is 5.21 Å². The van der Waals surface area contributed by atoms with E-state index in [0.29, 0.717) is 5.56 Å². The van der Waals surface area contributed by atoms with Gasteiger partial charge in [-0.2, -0.15) is 0 Å². The van der Waals surface area contributed by atoms with Crippen LogP contribution in [0.15, 0.2) is 52.1 Å². The van der Waals surface area contributed by atoms with Crippen LogP contribution >= 0.6 is 11.3 Å². The summed E-state index contributed by atoms with van der Waals surface area (Å²) in [6, 6.07) is 11.1. The minimum absolute atomic E-state index is 0.0763. The van der Waals surface area contributed by atoms with Gasteiger partial charge in [0.05, 0.1) is 0 Å². The Balaban J connectivity index is 2.69. The highest BCUT2D eigenvalue weighted by molar-refractivity contribution is 7.95. The summed E-state index contributed by atoms with van der Waals surface area (Å²) in [6.07, 6.45) is 0. The van der Waals surface area contributed by atoms with Crippen molar-refractivity contribution < 1.29 is 18.4 Å². The summed E-state index contributed by atoms with van der Waals surface area (Å²) in [5.41, 5.74) is 1.75. The molecule has 0 fully saturated rings. The lowest BCUT2D eigenvalue weighted by atomic mass is 10.00. The van der Waals surface area contributed by atoms with Crippen LogP contribution in [0.25, 0.3) is 0 Å². The van der Waals surface area contributed by atoms with E-state index in [1.807, 2.05) is 0 Å². The molecule has 2 N–H and O–H groups in total. The van der Waals surface area contributed by atoms with Gasteiger partial charge in [-0.05, 0) is 23.9 Å². The van der Waals surface area contributed by atoms with E-state index in [2.05, 4.69) is 0 Å². The van der Waals surface area contributed by atoms with Crippen molar-refractivity contribution >= 4 is 27.1 Å². The Bertz CT molecular complexity index is 695. The number of hydrogen-bond donors (Lipinski definition) is 2. The van der Waals surface area contributed by atoms with Gasteiger partial charge in [0.25, 0.3) is 5.91 Å². The first-order chi connectivity index (χ1) is 9.44. The summed E-state index contributed by atoms with van der Waals surface area (Å²) in [5, 5.41) is 10.6. The number of benzene rings is 1. The van der Waals surface area contributed by atoms with Gasteiger partial charge in [-0.1, -0.05) is 36.4 Å². The Morgan fingerprint density at radius 2 is 1.85 bits per heavy atom. The molecule has 1 atom stereocenters. The number of rotatable bonds is 4. The number of carbonyl (C=O) groups is 1. The number of amides is 1. The summed E-state index contributed by atoms with van der Waals surface area (Å²) in [4.78, 5) is 12.0. The van der Waals surface area contributed by atoms with Crippen molar-refractivity contribution in [1.82, 2.24) is 5.48 Å². The van der Waals surface area contributed by atoms with Crippen LogP contribution in [-0.2, 0) is 19.4 Å². The summed E-state index contributed by atoms with van der Waals surface area (Å²) in [7, 11) is -3.98. The molecule has 0 saturated heterocycles. The van der Waals surface area contributed by atoms with Gasteiger partial charge < -0.3 is 0 Å². The monoisotopic (exact) mass is 311 g/mol. The predicted octanol–water partition coefficient (Wildman–Crippen LogP) is 1.94. The molecule has 5 nitrogen and oxygen atoms in total. The van der Waals surface area contributed by atoms with E-state index in [1.54, 1.807) is 41.8 Å². The second-order valence-electron chi connectivity index (χ2n) is 4.28. The largest absolute Gasteiger partial charge is 0.289 e. The molecule has 0 bridgehead atoms. The third kappa shape index (κ3) is 2.13. The Morgan fingerprint density at radius 3 is 2.35 bits per heavy atom. The van der Waals surface area contributed by atoms with Gasteiger partial charge in [0.15, 0.2) is 4.75 Å². The van der Waals surface area contributed by atoms with Crippen molar-refractivity contribution in [1.29, 1.82) is 0 Å². The lowest BCUT2D eigenvalue weighted by Crippen LogP contribution is -2.46. The number of sulfone groups is 1. The Labute approximate surface area is 120 Å². The van der Waals surface area contributed by atoms with E-state index in [-0.39, 0.29) is 4.21 Å². The molecular formula is C13H13NO4S2. The lowest BCUT2D eigenvalue weighted by Gasteiger charge is -2.26. The molecule has 0 aliphatic rings. The van der Waals surface area contributed by atoms with E-state index in [0.717, 1.165) is 11.3 Å². The van der Waals surface area contributed by atoms with Crippen LogP contribution in [0.3, 0.4) is 0 Å². The van der Waals surface area contributed by atoms with Crippen LogP contribution in [0, 0.1) is 0 Å². The highest BCUT2D eigenvalue weighted by Crippen LogP contribution is 2.37. The average molecular weight is 311 g/mol. The molecule has 20 heavy (non-hydrogen) atoms. The third-order valence-electron chi connectivity index (χ3n) is 3.16. The molecule has 106 valence electrons. The first-order valence-corrected chi connectivity index (χ1v) is 8.09. The standard InChI is InChI=1S/C13H13NO4S2/c1-13(12(15)14-16,10-6-3-2-4-7-10)20(17,18)11-8-5-9-19-11/h2-9,16H,1H3,(H,14,15). The summed E-state index contributed by atoms with van der Waals surface area (Å²) < 4.78 is 23.7. The topological polar surface area (TPSA) is 83.5 Å². The van der Waals surface area contributed by atoms with Crippen molar-refractivity contribution in [2.75, 3.05) is 0 Å². The minimum atomic E-state index is -3.98. The molecule has 1 unspecified atom stereocenters. The Hall–Kier alpha value is -1.70. The quantitative estimate of drug-likeness (QED) is 0.667. The highest BCUT2D eigenvalue weighted by Gasteiger charge is 2.49. The lowest BCUT2D eigenvalue weighted by molar-refractivity contribution is -0.131. The SMILES string of the molecule is CC(C(=O)NO)(c1ccccc1)S(=O)(=O)c1cccs1. The fraction of sp³-hybridized carbons (Fsp3) is 0.154. The fourth-order valence-corrected chi connectivity index (χ4v) is 4.91. The van der Waals surface area contributed by atoms with Gasteiger partial charge >= 0.3 is 0 Å². The van der Waals surface area contributed by atoms with E-state index >= 15 is 0 Å². The summed E-state index contributed by atoms with van der Waals surface area (Å²) in [5.74, 6) is -0.989. The maximum atomic E-state index is 12.8. The maximum Gasteiger partial charge on any atom is 0.269 e. The van der Waals surface area contributed by atoms with Crippen molar-refractivity contribution in [3.05, 3.63) is 53.4 Å². The summed E-state index contributed by atoms with van der Waals surface area (Å²) in [6.45, 7) is 1.28. The summed E-state index contributed by atoms with van der Waals surface area (Å²) >= 11 is 1.03.